The summed E-state index contributed by atoms with van der Waals surface area (Å²) < 4.78 is 15.2. The number of hydroxylamine groups is 2. The minimum atomic E-state index is -1.74. The number of fused-ring (bicyclic) bond motifs is 2. The van der Waals surface area contributed by atoms with Gasteiger partial charge in [-0.1, -0.05) is 12.1 Å². The van der Waals surface area contributed by atoms with E-state index in [4.69, 9.17) is 19.0 Å². The van der Waals surface area contributed by atoms with Gasteiger partial charge in [0.1, 0.15) is 11.9 Å². The van der Waals surface area contributed by atoms with Gasteiger partial charge in [0.05, 0.1) is 32.3 Å². The third-order valence-electron chi connectivity index (χ3n) is 6.04. The lowest BCUT2D eigenvalue weighted by molar-refractivity contribution is -0.385. The molecular formula is C22H22N2O8. The summed E-state index contributed by atoms with van der Waals surface area (Å²) in [6, 6.07) is 10.6. The molecule has 2 aromatic rings. The van der Waals surface area contributed by atoms with Crippen LogP contribution in [0.25, 0.3) is 0 Å². The Balaban J connectivity index is 1.85. The first-order valence-corrected chi connectivity index (χ1v) is 9.87. The van der Waals surface area contributed by atoms with Gasteiger partial charge in [-0.25, -0.2) is 0 Å². The number of nitro benzene ring substituents is 1. The topological polar surface area (TPSA) is 117 Å². The molecule has 0 spiro atoms. The Hall–Kier alpha value is -3.50. The van der Waals surface area contributed by atoms with E-state index in [0.717, 1.165) is 5.56 Å². The van der Waals surface area contributed by atoms with E-state index in [2.05, 4.69) is 0 Å². The largest absolute Gasteiger partial charge is 0.497 e. The summed E-state index contributed by atoms with van der Waals surface area (Å²) in [7, 11) is 3.95. The zero-order valence-electron chi connectivity index (χ0n) is 17.8. The molecule has 0 N–H and O–H groups in total. The Labute approximate surface area is 183 Å². The predicted octanol–water partition coefficient (Wildman–Crippen LogP) is 2.87. The van der Waals surface area contributed by atoms with Gasteiger partial charge in [0, 0.05) is 25.1 Å². The highest BCUT2D eigenvalue weighted by Gasteiger charge is 2.65. The average Bonchev–Trinajstić information content (AvgIpc) is 2.82. The first-order valence-electron chi connectivity index (χ1n) is 9.87. The molecule has 2 bridgehead atoms. The van der Waals surface area contributed by atoms with E-state index in [0.29, 0.717) is 16.9 Å². The molecule has 2 aliphatic heterocycles. The van der Waals surface area contributed by atoms with Crippen molar-refractivity contribution < 1.29 is 33.6 Å². The van der Waals surface area contributed by atoms with Gasteiger partial charge >= 0.3 is 11.9 Å². The molecule has 2 atom stereocenters. The molecule has 2 unspecified atom stereocenters. The molecule has 2 aromatic carbocycles. The number of carbonyl (C=O) groups excluding carboxylic acids is 2. The van der Waals surface area contributed by atoms with Gasteiger partial charge in [0.15, 0.2) is 5.41 Å². The third-order valence-corrected chi connectivity index (χ3v) is 6.04. The van der Waals surface area contributed by atoms with Gasteiger partial charge in [0.2, 0.25) is 0 Å². The molecule has 32 heavy (non-hydrogen) atoms. The summed E-state index contributed by atoms with van der Waals surface area (Å²) in [5, 5.41) is 12.9. The van der Waals surface area contributed by atoms with Crippen LogP contribution in [0.3, 0.4) is 0 Å². The molecule has 5 rings (SSSR count). The molecule has 1 saturated heterocycles. The average molecular weight is 442 g/mol. The van der Waals surface area contributed by atoms with Crippen LogP contribution < -0.4 is 4.74 Å². The fourth-order valence-electron chi connectivity index (χ4n) is 4.58. The third kappa shape index (κ3) is 3.28. The van der Waals surface area contributed by atoms with E-state index in [9.17, 15) is 19.7 Å². The molecule has 1 aliphatic carbocycles. The first-order chi connectivity index (χ1) is 15.3. The predicted molar refractivity (Wildman–Crippen MR) is 109 cm³/mol. The number of methoxy groups -OCH3 is 3. The Morgan fingerprint density at radius 3 is 2.31 bits per heavy atom. The van der Waals surface area contributed by atoms with Crippen LogP contribution in [0.1, 0.15) is 35.3 Å². The zero-order valence-corrected chi connectivity index (χ0v) is 17.8. The zero-order chi connectivity index (χ0) is 23.0. The molecule has 10 nitrogen and oxygen atoms in total. The second kappa shape index (κ2) is 8.21. The van der Waals surface area contributed by atoms with Crippen molar-refractivity contribution in [3.05, 3.63) is 69.3 Å². The van der Waals surface area contributed by atoms with Crippen LogP contribution in [-0.2, 0) is 30.4 Å². The molecule has 1 fully saturated rings. The number of hydrogen-bond acceptors (Lipinski definition) is 9. The smallest absolute Gasteiger partial charge is 0.325 e. The maximum absolute atomic E-state index is 13.0. The van der Waals surface area contributed by atoms with Crippen LogP contribution in [0.4, 0.5) is 5.69 Å². The highest BCUT2D eigenvalue weighted by Crippen LogP contribution is 2.59. The van der Waals surface area contributed by atoms with Gasteiger partial charge in [0.25, 0.3) is 5.69 Å². The lowest BCUT2D eigenvalue weighted by Gasteiger charge is -2.53. The highest BCUT2D eigenvalue weighted by atomic mass is 16.7. The number of non-ortho nitro benzene ring substituents is 1. The number of nitro groups is 1. The molecule has 0 radical (unpaired) electrons. The minimum Gasteiger partial charge on any atom is -0.497 e. The van der Waals surface area contributed by atoms with E-state index >= 15 is 0 Å². The monoisotopic (exact) mass is 442 g/mol. The lowest BCUT2D eigenvalue weighted by atomic mass is 9.65. The maximum atomic E-state index is 13.0. The van der Waals surface area contributed by atoms with Crippen LogP contribution in [0.5, 0.6) is 5.75 Å². The van der Waals surface area contributed by atoms with Gasteiger partial charge in [-0.3, -0.25) is 24.5 Å². The fourth-order valence-corrected chi connectivity index (χ4v) is 4.58. The summed E-state index contributed by atoms with van der Waals surface area (Å²) in [6.07, 6.45) is -0.687. The second-order valence-electron chi connectivity index (χ2n) is 7.65. The molecule has 10 heteroatoms. The Morgan fingerprint density at radius 2 is 1.75 bits per heavy atom. The Kier molecular flexibility index (Phi) is 5.57. The van der Waals surface area contributed by atoms with Gasteiger partial charge in [-0.05, 0) is 34.9 Å². The standard InChI is InChI=1S/C22H22N2O8/c1-29-15-7-4-13(5-8-15)12-23-19-17-10-14(24(27)28)6-9-16(17)18(32-23)11-22(19,20(25)30-2)21(26)31-3/h4-10,18-19H,11-12H2,1-3H3. The number of hydrogen-bond donors (Lipinski definition) is 0. The van der Waals surface area contributed by atoms with E-state index in [1.54, 1.807) is 25.3 Å². The van der Waals surface area contributed by atoms with Crippen molar-refractivity contribution >= 4 is 17.6 Å². The fraction of sp³-hybridized carbons (Fsp3) is 0.364. The molecule has 0 amide bonds. The summed E-state index contributed by atoms with van der Waals surface area (Å²) >= 11 is 0. The van der Waals surface area contributed by atoms with Crippen molar-refractivity contribution in [2.45, 2.75) is 25.1 Å². The van der Waals surface area contributed by atoms with E-state index in [1.807, 2.05) is 12.1 Å². The number of ether oxygens (including phenoxy) is 3. The Morgan fingerprint density at radius 1 is 1.09 bits per heavy atom. The van der Waals surface area contributed by atoms with Crippen molar-refractivity contribution in [1.82, 2.24) is 5.06 Å². The van der Waals surface area contributed by atoms with Crippen LogP contribution in [0.2, 0.25) is 0 Å². The molecule has 168 valence electrons. The lowest BCUT2D eigenvalue weighted by Crippen LogP contribution is -2.59. The van der Waals surface area contributed by atoms with Crippen LogP contribution in [0.15, 0.2) is 42.5 Å². The van der Waals surface area contributed by atoms with Gasteiger partial charge in [-0.2, -0.15) is 5.06 Å². The summed E-state index contributed by atoms with van der Waals surface area (Å²) in [5.74, 6) is -0.881. The molecule has 0 saturated carbocycles. The summed E-state index contributed by atoms with van der Waals surface area (Å²) in [5.41, 5.74) is 0.0977. The van der Waals surface area contributed by atoms with Gasteiger partial charge < -0.3 is 14.2 Å². The first kappa shape index (κ1) is 21.7. The van der Waals surface area contributed by atoms with E-state index in [-0.39, 0.29) is 18.7 Å². The Bertz CT molecular complexity index is 1050. The van der Waals surface area contributed by atoms with Crippen molar-refractivity contribution in [1.29, 1.82) is 0 Å². The SMILES string of the molecule is COC(=O)C1(C(=O)OC)CC2ON(Cc3ccc(OC)cc3)C1c1cc([N+](=O)[O-])ccc12. The van der Waals surface area contributed by atoms with E-state index < -0.39 is 34.4 Å². The van der Waals surface area contributed by atoms with Crippen LogP contribution in [-0.4, -0.2) is 43.3 Å². The number of carbonyl (C=O) groups is 2. The molecule has 2 heterocycles. The quantitative estimate of drug-likeness (QED) is 0.288. The van der Waals surface area contributed by atoms with Crippen molar-refractivity contribution in [3.8, 4) is 5.75 Å². The molecule has 3 aliphatic rings. The van der Waals surface area contributed by atoms with E-state index in [1.165, 1.54) is 31.4 Å². The minimum absolute atomic E-state index is 0.000929. The highest BCUT2D eigenvalue weighted by molar-refractivity contribution is 6.01. The summed E-state index contributed by atoms with van der Waals surface area (Å²) in [6.45, 7) is 0.211. The number of benzene rings is 2. The van der Waals surface area contributed by atoms with Crippen LogP contribution in [0, 0.1) is 15.5 Å². The summed E-state index contributed by atoms with van der Waals surface area (Å²) in [4.78, 5) is 43.1. The molecule has 0 aromatic heterocycles. The van der Waals surface area contributed by atoms with Gasteiger partial charge in [-0.15, -0.1) is 0 Å². The van der Waals surface area contributed by atoms with Crippen LogP contribution >= 0.6 is 0 Å². The molecular weight excluding hydrogens is 420 g/mol. The number of rotatable bonds is 6. The normalized spacial score (nSPS) is 20.8. The number of nitrogens with zero attached hydrogens (tertiary/aromatic N) is 2. The maximum Gasteiger partial charge on any atom is 0.325 e. The van der Waals surface area contributed by atoms with Crippen molar-refractivity contribution in [2.24, 2.45) is 5.41 Å². The van der Waals surface area contributed by atoms with Crippen molar-refractivity contribution in [3.63, 3.8) is 0 Å². The second-order valence-corrected chi connectivity index (χ2v) is 7.65. The number of esters is 2. The van der Waals surface area contributed by atoms with Crippen molar-refractivity contribution in [2.75, 3.05) is 21.3 Å².